The van der Waals surface area contributed by atoms with Crippen molar-refractivity contribution >= 4 is 0 Å². The third-order valence-electron chi connectivity index (χ3n) is 0.183. The van der Waals surface area contributed by atoms with Gasteiger partial charge in [-0.05, 0) is 0 Å². The van der Waals surface area contributed by atoms with E-state index in [0.717, 1.165) is 13.0 Å². The minimum absolute atomic E-state index is 0. The van der Waals surface area contributed by atoms with Gasteiger partial charge in [-0.2, -0.15) is 6.42 Å². The molecule has 0 fully saturated rings. The largest absolute Gasteiger partial charge is 1.00 e. The molecule has 0 amide bonds. The van der Waals surface area contributed by atoms with Crippen LogP contribution in [0.4, 0.5) is 0 Å². The van der Waals surface area contributed by atoms with Gasteiger partial charge in [0.2, 0.25) is 0 Å². The molecule has 26 valence electrons. The molecule has 0 aliphatic heterocycles. The van der Waals surface area contributed by atoms with Gasteiger partial charge in [0, 0.05) is 0 Å². The summed E-state index contributed by atoms with van der Waals surface area (Å²) in [4.78, 5) is 0. The molecule has 0 unspecified atom stereocenters. The standard InChI is InChI=1S/C3H7O.K/c1-2-3-4;/h3-4H,2H2,1H3;/q-1;+1. The smallest absolute Gasteiger partial charge is 0.566 e. The molecule has 0 heterocycles. The van der Waals surface area contributed by atoms with Crippen molar-refractivity contribution in [3.8, 4) is 0 Å². The van der Waals surface area contributed by atoms with Crippen molar-refractivity contribution < 1.29 is 56.5 Å². The third-order valence-corrected chi connectivity index (χ3v) is 0.183. The van der Waals surface area contributed by atoms with E-state index in [1.165, 1.54) is 0 Å². The van der Waals surface area contributed by atoms with Crippen molar-refractivity contribution in [1.82, 2.24) is 0 Å². The first-order chi connectivity index (χ1) is 1.91. The van der Waals surface area contributed by atoms with Gasteiger partial charge < -0.3 is 5.11 Å². The summed E-state index contributed by atoms with van der Waals surface area (Å²) in [6.07, 6.45) is 0.750. The number of aliphatic hydroxyl groups is 1. The second-order valence-corrected chi connectivity index (χ2v) is 0.591. The van der Waals surface area contributed by atoms with Crippen LogP contribution in [0, 0.1) is 6.61 Å². The Morgan fingerprint density at radius 1 is 1.80 bits per heavy atom. The molecule has 2 heteroatoms. The molecule has 0 saturated carbocycles. The fourth-order valence-electron chi connectivity index (χ4n) is 0. The van der Waals surface area contributed by atoms with E-state index in [0.29, 0.717) is 0 Å². The minimum Gasteiger partial charge on any atom is -0.566 e. The third kappa shape index (κ3) is 10.7. The fraction of sp³-hybridized carbons (Fsp3) is 0.667. The fourth-order valence-corrected chi connectivity index (χ4v) is 0. The Bertz CT molecular complexity index is 8.85. The SMILES string of the molecule is CC[CH-]O.[K+]. The maximum absolute atomic E-state index is 7.75. The number of aliphatic hydroxyl groups excluding tert-OH is 1. The zero-order chi connectivity index (χ0) is 3.41. The molecule has 0 radical (unpaired) electrons. The summed E-state index contributed by atoms with van der Waals surface area (Å²) in [5.74, 6) is 0. The van der Waals surface area contributed by atoms with Crippen molar-refractivity contribution in [2.24, 2.45) is 0 Å². The van der Waals surface area contributed by atoms with Crippen LogP contribution in [0.3, 0.4) is 0 Å². The Balaban J connectivity index is 0. The maximum Gasteiger partial charge on any atom is 1.00 e. The molecule has 0 bridgehead atoms. The normalized spacial score (nSPS) is 6.00. The molecular formula is C3H7KO. The van der Waals surface area contributed by atoms with E-state index in [2.05, 4.69) is 0 Å². The first kappa shape index (κ1) is 9.78. The van der Waals surface area contributed by atoms with Crippen LogP contribution >= 0.6 is 0 Å². The van der Waals surface area contributed by atoms with E-state index in [-0.39, 0.29) is 51.4 Å². The molecule has 0 aromatic carbocycles. The van der Waals surface area contributed by atoms with Crippen LogP contribution in [0.5, 0.6) is 0 Å². The molecule has 5 heavy (non-hydrogen) atoms. The van der Waals surface area contributed by atoms with E-state index in [9.17, 15) is 0 Å². The molecule has 1 N–H and O–H groups in total. The van der Waals surface area contributed by atoms with E-state index in [1.54, 1.807) is 0 Å². The van der Waals surface area contributed by atoms with Crippen molar-refractivity contribution in [1.29, 1.82) is 0 Å². The quantitative estimate of drug-likeness (QED) is 0.295. The number of hydrogen-bond acceptors (Lipinski definition) is 1. The van der Waals surface area contributed by atoms with Crippen molar-refractivity contribution in [2.75, 3.05) is 0 Å². The van der Waals surface area contributed by atoms with Crippen molar-refractivity contribution in [2.45, 2.75) is 13.3 Å². The molecule has 0 aromatic rings. The summed E-state index contributed by atoms with van der Waals surface area (Å²) in [7, 11) is 0. The second kappa shape index (κ2) is 9.14. The van der Waals surface area contributed by atoms with Gasteiger partial charge in [0.15, 0.2) is 0 Å². The maximum atomic E-state index is 7.75. The van der Waals surface area contributed by atoms with Crippen LogP contribution in [0.1, 0.15) is 13.3 Å². The summed E-state index contributed by atoms with van der Waals surface area (Å²) in [5, 5.41) is 7.75. The molecule has 0 aliphatic carbocycles. The molecule has 1 nitrogen and oxygen atoms in total. The first-order valence-electron chi connectivity index (χ1n) is 1.37. The van der Waals surface area contributed by atoms with Gasteiger partial charge in [0.1, 0.15) is 0 Å². The van der Waals surface area contributed by atoms with Crippen LogP contribution in [-0.4, -0.2) is 5.11 Å². The molecule has 0 atom stereocenters. The Morgan fingerprint density at radius 2 is 2.00 bits per heavy atom. The summed E-state index contributed by atoms with van der Waals surface area (Å²) >= 11 is 0. The Morgan fingerprint density at radius 3 is 2.00 bits per heavy atom. The van der Waals surface area contributed by atoms with E-state index in [4.69, 9.17) is 5.11 Å². The van der Waals surface area contributed by atoms with Gasteiger partial charge in [-0.25, -0.2) is 6.61 Å². The molecule has 0 spiro atoms. The van der Waals surface area contributed by atoms with Crippen LogP contribution in [0.2, 0.25) is 0 Å². The Hall–Kier alpha value is 1.60. The van der Waals surface area contributed by atoms with Gasteiger partial charge in [-0.3, -0.25) is 0 Å². The first-order valence-corrected chi connectivity index (χ1v) is 1.37. The van der Waals surface area contributed by atoms with Crippen LogP contribution < -0.4 is 51.4 Å². The van der Waals surface area contributed by atoms with Gasteiger partial charge in [0.25, 0.3) is 0 Å². The minimum atomic E-state index is 0. The number of hydrogen-bond donors (Lipinski definition) is 1. The Labute approximate surface area is 75.2 Å². The van der Waals surface area contributed by atoms with Gasteiger partial charge in [-0.1, -0.05) is 6.92 Å². The summed E-state index contributed by atoms with van der Waals surface area (Å²) in [5.41, 5.74) is 0. The van der Waals surface area contributed by atoms with Crippen LogP contribution in [0.25, 0.3) is 0 Å². The van der Waals surface area contributed by atoms with E-state index < -0.39 is 0 Å². The Kier molecular flexibility index (Phi) is 17.9. The topological polar surface area (TPSA) is 20.2 Å². The zero-order valence-electron chi connectivity index (χ0n) is 3.73. The molecule has 0 saturated heterocycles. The second-order valence-electron chi connectivity index (χ2n) is 0.591. The van der Waals surface area contributed by atoms with E-state index >= 15 is 0 Å². The number of rotatable bonds is 1. The van der Waals surface area contributed by atoms with Gasteiger partial charge in [0.05, 0.1) is 0 Å². The molecule has 0 rings (SSSR count). The molecular weight excluding hydrogens is 91.1 g/mol. The zero-order valence-corrected chi connectivity index (χ0v) is 6.85. The predicted octanol–water partition coefficient (Wildman–Crippen LogP) is -2.07. The molecule has 0 aliphatic rings. The predicted molar refractivity (Wildman–Crippen MR) is 16.5 cm³/mol. The van der Waals surface area contributed by atoms with Crippen molar-refractivity contribution in [3.05, 3.63) is 6.61 Å². The van der Waals surface area contributed by atoms with Crippen LogP contribution in [0.15, 0.2) is 0 Å². The average molecular weight is 98.2 g/mol. The monoisotopic (exact) mass is 98.0 g/mol. The van der Waals surface area contributed by atoms with Crippen molar-refractivity contribution in [3.63, 3.8) is 0 Å². The summed E-state index contributed by atoms with van der Waals surface area (Å²) in [6, 6.07) is 0. The summed E-state index contributed by atoms with van der Waals surface area (Å²) < 4.78 is 0. The van der Waals surface area contributed by atoms with Gasteiger partial charge >= 0.3 is 51.4 Å². The van der Waals surface area contributed by atoms with Gasteiger partial charge in [-0.15, -0.1) is 0 Å². The summed E-state index contributed by atoms with van der Waals surface area (Å²) in [6.45, 7) is 3.00. The van der Waals surface area contributed by atoms with E-state index in [1.807, 2.05) is 6.92 Å². The van der Waals surface area contributed by atoms with Crippen LogP contribution in [-0.2, 0) is 0 Å². The molecule has 0 aromatic heterocycles. The average Bonchev–Trinajstić information content (AvgIpc) is 1.37.